The first-order valence-corrected chi connectivity index (χ1v) is 8.91. The first-order valence-electron chi connectivity index (χ1n) is 8.16. The minimum atomic E-state index is 0.672. The van der Waals surface area contributed by atoms with E-state index in [0.29, 0.717) is 16.0 Å². The SMILES string of the molecule is CN(C)CC[C@@H]1C2CCC(CC2)[C@@H]1c1ccc(Cl)c(Cl)c1. The number of halogens is 2. The molecule has 0 heterocycles. The molecule has 1 nitrogen and oxygen atoms in total. The number of benzene rings is 1. The van der Waals surface area contributed by atoms with Crippen molar-refractivity contribution >= 4 is 23.2 Å². The molecule has 0 aliphatic heterocycles. The van der Waals surface area contributed by atoms with Gasteiger partial charge in [-0.2, -0.15) is 0 Å². The van der Waals surface area contributed by atoms with Gasteiger partial charge in [-0.1, -0.05) is 29.3 Å². The molecule has 3 aliphatic carbocycles. The molecule has 1 aromatic rings. The van der Waals surface area contributed by atoms with E-state index in [-0.39, 0.29) is 0 Å². The van der Waals surface area contributed by atoms with E-state index in [1.807, 2.05) is 6.07 Å². The van der Waals surface area contributed by atoms with Crippen LogP contribution < -0.4 is 0 Å². The van der Waals surface area contributed by atoms with Crippen LogP contribution in [0.25, 0.3) is 0 Å². The Morgan fingerprint density at radius 1 is 1.00 bits per heavy atom. The maximum Gasteiger partial charge on any atom is 0.0595 e. The van der Waals surface area contributed by atoms with Crippen LogP contribution >= 0.6 is 23.2 Å². The van der Waals surface area contributed by atoms with Gasteiger partial charge in [0.2, 0.25) is 0 Å². The summed E-state index contributed by atoms with van der Waals surface area (Å²) in [5.74, 6) is 3.26. The van der Waals surface area contributed by atoms with Crippen LogP contribution in [0.1, 0.15) is 43.6 Å². The maximum absolute atomic E-state index is 6.27. The molecule has 0 spiro atoms. The molecular weight excluding hydrogens is 301 g/mol. The fourth-order valence-electron chi connectivity index (χ4n) is 4.64. The summed E-state index contributed by atoms with van der Waals surface area (Å²) in [6, 6.07) is 6.31. The summed E-state index contributed by atoms with van der Waals surface area (Å²) in [5.41, 5.74) is 1.42. The molecule has 4 rings (SSSR count). The molecule has 3 heteroatoms. The largest absolute Gasteiger partial charge is 0.309 e. The van der Waals surface area contributed by atoms with Crippen molar-refractivity contribution in [3.05, 3.63) is 33.8 Å². The molecule has 21 heavy (non-hydrogen) atoms. The average molecular weight is 326 g/mol. The lowest BCUT2D eigenvalue weighted by atomic mass is 9.56. The number of hydrogen-bond acceptors (Lipinski definition) is 1. The van der Waals surface area contributed by atoms with Crippen LogP contribution in [0.5, 0.6) is 0 Å². The molecule has 0 saturated heterocycles. The van der Waals surface area contributed by atoms with Crippen LogP contribution in [0.15, 0.2) is 18.2 Å². The van der Waals surface area contributed by atoms with Gasteiger partial charge in [-0.05, 0) is 94.1 Å². The Morgan fingerprint density at radius 2 is 1.67 bits per heavy atom. The standard InChI is InChI=1S/C18H25Cl2N/c1-21(2)10-9-15-12-3-5-13(6-4-12)18(15)14-7-8-16(19)17(20)11-14/h7-8,11-13,15,18H,3-6,9-10H2,1-2H3/t12?,13?,15-,18-/m1/s1. The molecule has 2 bridgehead atoms. The van der Waals surface area contributed by atoms with Gasteiger partial charge in [0.25, 0.3) is 0 Å². The summed E-state index contributed by atoms with van der Waals surface area (Å²) >= 11 is 12.4. The highest BCUT2D eigenvalue weighted by molar-refractivity contribution is 6.42. The lowest BCUT2D eigenvalue weighted by Crippen LogP contribution is -2.39. The van der Waals surface area contributed by atoms with Crippen LogP contribution in [-0.4, -0.2) is 25.5 Å². The summed E-state index contributed by atoms with van der Waals surface area (Å²) in [7, 11) is 4.35. The first kappa shape index (κ1) is 15.6. The summed E-state index contributed by atoms with van der Waals surface area (Å²) in [6.07, 6.45) is 6.96. The quantitative estimate of drug-likeness (QED) is 0.709. The lowest BCUT2D eigenvalue weighted by molar-refractivity contribution is 0.0577. The number of nitrogens with zero attached hydrogens (tertiary/aromatic N) is 1. The van der Waals surface area contributed by atoms with E-state index in [2.05, 4.69) is 31.1 Å². The normalized spacial score (nSPS) is 31.9. The second-order valence-electron chi connectivity index (χ2n) is 7.13. The van der Waals surface area contributed by atoms with E-state index < -0.39 is 0 Å². The van der Waals surface area contributed by atoms with Crippen molar-refractivity contribution in [2.75, 3.05) is 20.6 Å². The fourth-order valence-corrected chi connectivity index (χ4v) is 4.94. The molecule has 0 radical (unpaired) electrons. The molecule has 0 amide bonds. The zero-order chi connectivity index (χ0) is 15.0. The summed E-state index contributed by atoms with van der Waals surface area (Å²) in [6.45, 7) is 1.19. The van der Waals surface area contributed by atoms with Crippen LogP contribution in [0.3, 0.4) is 0 Å². The van der Waals surface area contributed by atoms with Crippen molar-refractivity contribution < 1.29 is 0 Å². The lowest BCUT2D eigenvalue weighted by Gasteiger charge is -2.49. The summed E-state index contributed by atoms with van der Waals surface area (Å²) in [5, 5.41) is 1.38. The highest BCUT2D eigenvalue weighted by Crippen LogP contribution is 2.54. The van der Waals surface area contributed by atoms with E-state index in [9.17, 15) is 0 Å². The zero-order valence-electron chi connectivity index (χ0n) is 13.0. The van der Waals surface area contributed by atoms with Crippen molar-refractivity contribution in [2.45, 2.75) is 38.0 Å². The molecule has 2 atom stereocenters. The van der Waals surface area contributed by atoms with Gasteiger partial charge in [0, 0.05) is 0 Å². The second kappa shape index (κ2) is 6.48. The molecular formula is C18H25Cl2N. The Kier molecular flexibility index (Phi) is 4.83. The highest BCUT2D eigenvalue weighted by Gasteiger charge is 2.43. The predicted octanol–water partition coefficient (Wildman–Crippen LogP) is 5.46. The molecule has 3 saturated carbocycles. The Balaban J connectivity index is 1.86. The highest BCUT2D eigenvalue weighted by atomic mass is 35.5. The minimum Gasteiger partial charge on any atom is -0.309 e. The van der Waals surface area contributed by atoms with E-state index in [0.717, 1.165) is 17.8 Å². The topological polar surface area (TPSA) is 3.24 Å². The van der Waals surface area contributed by atoms with E-state index in [1.165, 1.54) is 44.2 Å². The maximum atomic E-state index is 6.27. The van der Waals surface area contributed by atoms with Gasteiger partial charge in [0.1, 0.15) is 0 Å². The monoisotopic (exact) mass is 325 g/mol. The zero-order valence-corrected chi connectivity index (χ0v) is 14.5. The number of fused-ring (bicyclic) bond motifs is 3. The van der Waals surface area contributed by atoms with Crippen LogP contribution in [0.2, 0.25) is 10.0 Å². The Labute approximate surface area is 138 Å². The van der Waals surface area contributed by atoms with Crippen molar-refractivity contribution in [3.63, 3.8) is 0 Å². The third kappa shape index (κ3) is 3.25. The van der Waals surface area contributed by atoms with Crippen LogP contribution in [0, 0.1) is 17.8 Å². The molecule has 0 N–H and O–H groups in total. The molecule has 0 aromatic heterocycles. The van der Waals surface area contributed by atoms with Gasteiger partial charge in [-0.25, -0.2) is 0 Å². The fraction of sp³-hybridized carbons (Fsp3) is 0.667. The van der Waals surface area contributed by atoms with E-state index >= 15 is 0 Å². The van der Waals surface area contributed by atoms with E-state index in [1.54, 1.807) is 0 Å². The minimum absolute atomic E-state index is 0.672. The Bertz CT molecular complexity index is 492. The summed E-state index contributed by atoms with van der Waals surface area (Å²) in [4.78, 5) is 2.31. The van der Waals surface area contributed by atoms with Crippen LogP contribution in [0.4, 0.5) is 0 Å². The van der Waals surface area contributed by atoms with Gasteiger partial charge in [0.15, 0.2) is 0 Å². The Morgan fingerprint density at radius 3 is 2.29 bits per heavy atom. The third-order valence-electron chi connectivity index (χ3n) is 5.63. The smallest absolute Gasteiger partial charge is 0.0595 e. The number of hydrogen-bond donors (Lipinski definition) is 0. The van der Waals surface area contributed by atoms with Gasteiger partial charge in [-0.3, -0.25) is 0 Å². The molecule has 1 aromatic carbocycles. The molecule has 0 unspecified atom stereocenters. The van der Waals surface area contributed by atoms with Gasteiger partial charge in [0.05, 0.1) is 10.0 Å². The van der Waals surface area contributed by atoms with Gasteiger partial charge >= 0.3 is 0 Å². The average Bonchev–Trinajstić information content (AvgIpc) is 2.48. The van der Waals surface area contributed by atoms with Gasteiger partial charge in [-0.15, -0.1) is 0 Å². The molecule has 3 aliphatic rings. The van der Waals surface area contributed by atoms with Crippen LogP contribution in [-0.2, 0) is 0 Å². The van der Waals surface area contributed by atoms with Crippen molar-refractivity contribution in [2.24, 2.45) is 17.8 Å². The van der Waals surface area contributed by atoms with Crippen molar-refractivity contribution in [3.8, 4) is 0 Å². The first-order chi connectivity index (χ1) is 10.1. The Hall–Kier alpha value is -0.240. The second-order valence-corrected chi connectivity index (χ2v) is 7.94. The predicted molar refractivity (Wildman–Crippen MR) is 91.3 cm³/mol. The third-order valence-corrected chi connectivity index (χ3v) is 6.37. The summed E-state index contributed by atoms with van der Waals surface area (Å²) < 4.78 is 0. The molecule has 3 fully saturated rings. The van der Waals surface area contributed by atoms with Crippen molar-refractivity contribution in [1.29, 1.82) is 0 Å². The number of rotatable bonds is 4. The van der Waals surface area contributed by atoms with E-state index in [4.69, 9.17) is 23.2 Å². The van der Waals surface area contributed by atoms with Crippen molar-refractivity contribution in [1.82, 2.24) is 4.90 Å². The molecule has 116 valence electrons. The van der Waals surface area contributed by atoms with Gasteiger partial charge < -0.3 is 4.90 Å².